The molecule has 0 aliphatic carbocycles. The van der Waals surface area contributed by atoms with Crippen LogP contribution < -0.4 is 15.8 Å². The number of aryl methyl sites for hydroxylation is 1. The van der Waals surface area contributed by atoms with Crippen LogP contribution in [0.15, 0.2) is 53.3 Å². The Morgan fingerprint density at radius 3 is 2.38 bits per heavy atom. The highest BCUT2D eigenvalue weighted by Crippen LogP contribution is 2.14. The fraction of sp³-hybridized carbons (Fsp3) is 0.250. The lowest BCUT2D eigenvalue weighted by atomic mass is 10.1. The van der Waals surface area contributed by atoms with E-state index in [-0.39, 0.29) is 17.9 Å². The van der Waals surface area contributed by atoms with Crippen molar-refractivity contribution in [2.24, 2.45) is 7.05 Å². The van der Waals surface area contributed by atoms with Gasteiger partial charge in [-0.15, -0.1) is 0 Å². The molecule has 0 saturated heterocycles. The molecule has 0 aliphatic rings. The lowest BCUT2D eigenvalue weighted by molar-refractivity contribution is -0.120. The molecule has 0 spiro atoms. The summed E-state index contributed by atoms with van der Waals surface area (Å²) < 4.78 is 1.28. The molecule has 134 valence electrons. The van der Waals surface area contributed by atoms with E-state index in [1.54, 1.807) is 13.1 Å². The topological polar surface area (TPSA) is 67.2 Å². The normalized spacial score (nSPS) is 10.7. The van der Waals surface area contributed by atoms with Crippen molar-refractivity contribution in [3.8, 4) is 0 Å². The maximum Gasteiger partial charge on any atom is 0.274 e. The molecule has 0 saturated carbocycles. The fourth-order valence-electron chi connectivity index (χ4n) is 2.83. The molecule has 6 nitrogen and oxygen atoms in total. The summed E-state index contributed by atoms with van der Waals surface area (Å²) >= 11 is 0. The molecule has 1 amide bonds. The van der Waals surface area contributed by atoms with E-state index >= 15 is 0 Å². The molecule has 6 heteroatoms. The maximum atomic E-state index is 12.4. The van der Waals surface area contributed by atoms with Gasteiger partial charge < -0.3 is 10.2 Å². The van der Waals surface area contributed by atoms with Crippen LogP contribution >= 0.6 is 0 Å². The van der Waals surface area contributed by atoms with E-state index in [9.17, 15) is 9.59 Å². The average Bonchev–Trinajstić information content (AvgIpc) is 2.64. The zero-order valence-corrected chi connectivity index (χ0v) is 15.2. The Labute approximate surface area is 152 Å². The van der Waals surface area contributed by atoms with E-state index in [0.29, 0.717) is 17.6 Å². The van der Waals surface area contributed by atoms with Crippen LogP contribution in [-0.2, 0) is 24.8 Å². The van der Waals surface area contributed by atoms with Gasteiger partial charge in [-0.25, -0.2) is 4.68 Å². The van der Waals surface area contributed by atoms with Gasteiger partial charge in [0.05, 0.1) is 17.5 Å². The first-order valence-corrected chi connectivity index (χ1v) is 8.43. The van der Waals surface area contributed by atoms with Crippen LogP contribution in [0.1, 0.15) is 11.3 Å². The lowest BCUT2D eigenvalue weighted by Gasteiger charge is -2.13. The van der Waals surface area contributed by atoms with E-state index in [4.69, 9.17) is 0 Å². The first-order chi connectivity index (χ1) is 12.5. The number of amides is 1. The van der Waals surface area contributed by atoms with Crippen molar-refractivity contribution in [2.75, 3.05) is 19.0 Å². The molecule has 1 aromatic heterocycles. The molecule has 0 fully saturated rings. The van der Waals surface area contributed by atoms with Gasteiger partial charge in [0, 0.05) is 38.8 Å². The molecule has 26 heavy (non-hydrogen) atoms. The number of nitrogens with one attached hydrogen (secondary N) is 1. The number of rotatable bonds is 5. The van der Waals surface area contributed by atoms with Crippen molar-refractivity contribution in [3.63, 3.8) is 0 Å². The predicted octanol–water partition coefficient (Wildman–Crippen LogP) is 1.86. The molecule has 1 N–H and O–H groups in total. The number of hydrogen-bond donors (Lipinski definition) is 1. The van der Waals surface area contributed by atoms with Gasteiger partial charge in [0.15, 0.2) is 0 Å². The molecule has 0 radical (unpaired) electrons. The number of hydrogen-bond acceptors (Lipinski definition) is 4. The third-order valence-corrected chi connectivity index (χ3v) is 4.30. The van der Waals surface area contributed by atoms with Gasteiger partial charge in [-0.3, -0.25) is 9.59 Å². The average molecular weight is 350 g/mol. The van der Waals surface area contributed by atoms with Gasteiger partial charge in [-0.2, -0.15) is 5.10 Å². The van der Waals surface area contributed by atoms with Crippen LogP contribution in [-0.4, -0.2) is 29.8 Å². The van der Waals surface area contributed by atoms with E-state index in [1.165, 1.54) is 4.68 Å². The number of aromatic nitrogens is 2. The largest absolute Gasteiger partial charge is 0.378 e. The first kappa shape index (κ1) is 17.7. The zero-order chi connectivity index (χ0) is 18.7. The van der Waals surface area contributed by atoms with Crippen LogP contribution in [0.4, 0.5) is 5.69 Å². The first-order valence-electron chi connectivity index (χ1n) is 8.43. The van der Waals surface area contributed by atoms with Crippen molar-refractivity contribution in [1.29, 1.82) is 0 Å². The van der Waals surface area contributed by atoms with Crippen molar-refractivity contribution >= 4 is 22.4 Å². The number of anilines is 1. The van der Waals surface area contributed by atoms with Crippen LogP contribution in [0.2, 0.25) is 0 Å². The van der Waals surface area contributed by atoms with E-state index in [2.05, 4.69) is 10.4 Å². The molecule has 0 bridgehead atoms. The molecule has 3 rings (SSSR count). The van der Waals surface area contributed by atoms with Crippen LogP contribution in [0.5, 0.6) is 0 Å². The highest BCUT2D eigenvalue weighted by Gasteiger charge is 2.12. The molecule has 0 unspecified atom stereocenters. The Morgan fingerprint density at radius 2 is 1.73 bits per heavy atom. The molecule has 0 aliphatic heterocycles. The zero-order valence-electron chi connectivity index (χ0n) is 15.2. The summed E-state index contributed by atoms with van der Waals surface area (Å²) in [5, 5.41) is 8.48. The van der Waals surface area contributed by atoms with Crippen molar-refractivity contribution in [3.05, 3.63) is 70.1 Å². The van der Waals surface area contributed by atoms with Gasteiger partial charge in [-0.1, -0.05) is 30.3 Å². The monoisotopic (exact) mass is 350 g/mol. The van der Waals surface area contributed by atoms with Crippen molar-refractivity contribution < 1.29 is 4.79 Å². The molecule has 0 atom stereocenters. The Morgan fingerprint density at radius 1 is 1.08 bits per heavy atom. The van der Waals surface area contributed by atoms with Gasteiger partial charge in [0.2, 0.25) is 5.91 Å². The van der Waals surface area contributed by atoms with Gasteiger partial charge >= 0.3 is 0 Å². The van der Waals surface area contributed by atoms with Crippen LogP contribution in [0.3, 0.4) is 0 Å². The third kappa shape index (κ3) is 3.74. The number of carbonyl (C=O) groups excluding carboxylic acids is 1. The second kappa shape index (κ2) is 7.39. The number of fused-ring (bicyclic) bond motifs is 1. The summed E-state index contributed by atoms with van der Waals surface area (Å²) in [4.78, 5) is 26.5. The smallest absolute Gasteiger partial charge is 0.274 e. The minimum absolute atomic E-state index is 0.127. The highest BCUT2D eigenvalue weighted by molar-refractivity contribution is 5.88. The summed E-state index contributed by atoms with van der Waals surface area (Å²) in [6.45, 7) is 0.455. The SMILES string of the molecule is CN(C)c1ccc(CNC(=O)Cc2nn(C)c(=O)c3ccccc23)cc1. The lowest BCUT2D eigenvalue weighted by Crippen LogP contribution is -2.27. The van der Waals surface area contributed by atoms with Crippen LogP contribution in [0.25, 0.3) is 10.8 Å². The Bertz CT molecular complexity index is 991. The minimum Gasteiger partial charge on any atom is -0.378 e. The minimum atomic E-state index is -0.161. The summed E-state index contributed by atoms with van der Waals surface area (Å²) in [6, 6.07) is 15.3. The number of benzene rings is 2. The summed E-state index contributed by atoms with van der Waals surface area (Å²) in [7, 11) is 5.57. The van der Waals surface area contributed by atoms with E-state index in [0.717, 1.165) is 16.6 Å². The highest BCUT2D eigenvalue weighted by atomic mass is 16.1. The Hall–Kier alpha value is -3.15. The predicted molar refractivity (Wildman–Crippen MR) is 103 cm³/mol. The number of nitrogens with zero attached hydrogens (tertiary/aromatic N) is 3. The van der Waals surface area contributed by atoms with Gasteiger partial charge in [0.25, 0.3) is 5.56 Å². The van der Waals surface area contributed by atoms with Gasteiger partial charge in [-0.05, 0) is 23.8 Å². The molecular weight excluding hydrogens is 328 g/mol. The standard InChI is InChI=1S/C20H22N4O2/c1-23(2)15-10-8-14(9-11-15)13-21-19(25)12-18-16-6-4-5-7-17(16)20(26)24(3)22-18/h4-11H,12-13H2,1-3H3,(H,21,25). The number of carbonyl (C=O) groups is 1. The van der Waals surface area contributed by atoms with E-state index in [1.807, 2.05) is 61.5 Å². The quantitative estimate of drug-likeness (QED) is 0.763. The van der Waals surface area contributed by atoms with Gasteiger partial charge in [0.1, 0.15) is 0 Å². The third-order valence-electron chi connectivity index (χ3n) is 4.30. The second-order valence-electron chi connectivity index (χ2n) is 6.44. The molecule has 2 aromatic carbocycles. The van der Waals surface area contributed by atoms with Crippen LogP contribution in [0, 0.1) is 0 Å². The van der Waals surface area contributed by atoms with Crippen molar-refractivity contribution in [2.45, 2.75) is 13.0 Å². The van der Waals surface area contributed by atoms with E-state index < -0.39 is 0 Å². The fourth-order valence-corrected chi connectivity index (χ4v) is 2.83. The molecule has 3 aromatic rings. The second-order valence-corrected chi connectivity index (χ2v) is 6.44. The summed E-state index contributed by atoms with van der Waals surface area (Å²) in [5.74, 6) is -0.127. The summed E-state index contributed by atoms with van der Waals surface area (Å²) in [5.41, 5.74) is 2.58. The Kier molecular flexibility index (Phi) is 5.02. The summed E-state index contributed by atoms with van der Waals surface area (Å²) in [6.07, 6.45) is 0.129. The van der Waals surface area contributed by atoms with Crippen molar-refractivity contribution in [1.82, 2.24) is 15.1 Å². The molecular formula is C20H22N4O2. The Balaban J connectivity index is 1.71. The molecule has 1 heterocycles. The maximum absolute atomic E-state index is 12.4.